The third-order valence-corrected chi connectivity index (χ3v) is 11.9. The molecule has 6 heteroatoms. The van der Waals surface area contributed by atoms with Crippen molar-refractivity contribution >= 4 is 35.0 Å². The van der Waals surface area contributed by atoms with Crippen LogP contribution in [0.15, 0.2) is 169 Å². The van der Waals surface area contributed by atoms with Gasteiger partial charge in [-0.15, -0.1) is 0 Å². The lowest BCUT2D eigenvalue weighted by molar-refractivity contribution is 0.616. The molecule has 0 radical (unpaired) electrons. The van der Waals surface area contributed by atoms with Gasteiger partial charge in [0.1, 0.15) is 5.58 Å². The summed E-state index contributed by atoms with van der Waals surface area (Å²) in [4.78, 5) is 20.1. The Bertz CT molecular complexity index is 2760. The van der Waals surface area contributed by atoms with Crippen molar-refractivity contribution in [1.29, 1.82) is 0 Å². The zero-order valence-corrected chi connectivity index (χ0v) is 30.8. The molecule has 3 aromatic heterocycles. The van der Waals surface area contributed by atoms with Crippen LogP contribution in [-0.2, 0) is 0 Å². The first-order valence-corrected chi connectivity index (χ1v) is 21.4. The molecule has 3 heterocycles. The highest BCUT2D eigenvalue weighted by atomic mass is 28.3. The fourth-order valence-corrected chi connectivity index (χ4v) is 7.95. The predicted octanol–water partition coefficient (Wildman–Crippen LogP) is 11.7. The Morgan fingerprint density at radius 1 is 0.453 bits per heavy atom. The third-order valence-electron chi connectivity index (χ3n) is 9.86. The molecule has 0 atom stereocenters. The first kappa shape index (κ1) is 32.4. The van der Waals surface area contributed by atoms with E-state index in [0.29, 0.717) is 17.5 Å². The number of hydrogen-bond acceptors (Lipinski definition) is 5. The predicted molar refractivity (Wildman–Crippen MR) is 220 cm³/mol. The highest BCUT2D eigenvalue weighted by Crippen LogP contribution is 2.34. The van der Waals surface area contributed by atoms with Crippen molar-refractivity contribution in [2.45, 2.75) is 19.6 Å². The zero-order valence-electron chi connectivity index (χ0n) is 29.8. The molecule has 0 amide bonds. The van der Waals surface area contributed by atoms with Gasteiger partial charge in [0, 0.05) is 33.8 Å². The first-order valence-electron chi connectivity index (χ1n) is 17.9. The van der Waals surface area contributed by atoms with Crippen molar-refractivity contribution in [2.75, 3.05) is 0 Å². The highest BCUT2D eigenvalue weighted by Gasteiger charge is 2.18. The highest BCUT2D eigenvalue weighted by molar-refractivity contribution is 6.88. The monoisotopic (exact) mass is 700 g/mol. The molecule has 0 unspecified atom stereocenters. The lowest BCUT2D eigenvalue weighted by Crippen LogP contribution is -2.37. The lowest BCUT2D eigenvalue weighted by Gasteiger charge is -2.16. The topological polar surface area (TPSA) is 64.7 Å². The molecule has 0 bridgehead atoms. The SMILES string of the molecule is C[Si](C)(C)c1ccc(-c2ccc(-c3cccc(-c4cccc(-c5nc(-c6cccc7ccccc67)nc(-c6cccc7occc67)n5)c4)c3)cc2)nc1. The van der Waals surface area contributed by atoms with Crippen LogP contribution < -0.4 is 5.19 Å². The van der Waals surface area contributed by atoms with Crippen molar-refractivity contribution in [3.05, 3.63) is 164 Å². The van der Waals surface area contributed by atoms with E-state index >= 15 is 0 Å². The number of rotatable bonds is 7. The maximum Gasteiger partial charge on any atom is 0.164 e. The van der Waals surface area contributed by atoms with Crippen LogP contribution in [0.5, 0.6) is 0 Å². The second-order valence-electron chi connectivity index (χ2n) is 14.4. The van der Waals surface area contributed by atoms with Crippen LogP contribution in [0.3, 0.4) is 0 Å². The van der Waals surface area contributed by atoms with Crippen molar-refractivity contribution in [1.82, 2.24) is 19.9 Å². The van der Waals surface area contributed by atoms with Gasteiger partial charge in [0.15, 0.2) is 17.5 Å². The number of furan rings is 1. The molecule has 0 aliphatic carbocycles. The molecule has 9 aromatic rings. The smallest absolute Gasteiger partial charge is 0.164 e. The van der Waals surface area contributed by atoms with E-state index < -0.39 is 8.07 Å². The first-order chi connectivity index (χ1) is 25.9. The van der Waals surface area contributed by atoms with Gasteiger partial charge in [-0.1, -0.05) is 141 Å². The Kier molecular flexibility index (Phi) is 8.09. The van der Waals surface area contributed by atoms with Crippen LogP contribution in [0.25, 0.3) is 89.4 Å². The second-order valence-corrected chi connectivity index (χ2v) is 19.5. The van der Waals surface area contributed by atoms with E-state index in [1.165, 1.54) is 5.19 Å². The fraction of sp³-hybridized carbons (Fsp3) is 0.0638. The van der Waals surface area contributed by atoms with Crippen molar-refractivity contribution in [2.24, 2.45) is 0 Å². The van der Waals surface area contributed by atoms with Gasteiger partial charge in [-0.2, -0.15) is 0 Å². The lowest BCUT2D eigenvalue weighted by atomic mass is 9.97. The van der Waals surface area contributed by atoms with Gasteiger partial charge in [0.25, 0.3) is 0 Å². The molecule has 254 valence electrons. The van der Waals surface area contributed by atoms with Gasteiger partial charge in [0.2, 0.25) is 0 Å². The van der Waals surface area contributed by atoms with Crippen LogP contribution in [0.2, 0.25) is 19.6 Å². The molecule has 6 aromatic carbocycles. The normalized spacial score (nSPS) is 11.7. The molecule has 9 rings (SSSR count). The maximum absolute atomic E-state index is 5.74. The Hall–Kier alpha value is -6.50. The Morgan fingerprint density at radius 3 is 1.75 bits per heavy atom. The zero-order chi connectivity index (χ0) is 35.9. The van der Waals surface area contributed by atoms with Crippen LogP contribution in [0.4, 0.5) is 0 Å². The molecule has 0 saturated carbocycles. The van der Waals surface area contributed by atoms with Crippen molar-refractivity contribution < 1.29 is 4.42 Å². The van der Waals surface area contributed by atoms with Gasteiger partial charge in [-0.25, -0.2) is 15.0 Å². The second kappa shape index (κ2) is 13.2. The van der Waals surface area contributed by atoms with Crippen LogP contribution in [0, 0.1) is 0 Å². The summed E-state index contributed by atoms with van der Waals surface area (Å²) in [6.45, 7) is 7.04. The van der Waals surface area contributed by atoms with Gasteiger partial charge in [-0.3, -0.25) is 4.98 Å². The van der Waals surface area contributed by atoms with E-state index in [9.17, 15) is 0 Å². The summed E-state index contributed by atoms with van der Waals surface area (Å²) in [6.07, 6.45) is 3.76. The molecule has 0 fully saturated rings. The number of fused-ring (bicyclic) bond motifs is 2. The van der Waals surface area contributed by atoms with Crippen LogP contribution >= 0.6 is 0 Å². The summed E-state index contributed by atoms with van der Waals surface area (Å²) in [5.41, 5.74) is 10.2. The minimum absolute atomic E-state index is 0.600. The standard InChI is InChI=1S/C47H36N4OSi/c1-53(2,3)38-24-25-43(48-30-38)33-22-20-31(21-23-33)34-12-6-13-35(28-34)36-14-7-15-37(29-36)45-49-46(41-17-8-11-32-10-4-5-16-39(32)41)51-47(50-45)42-18-9-19-44-40(42)26-27-52-44/h4-30H,1-3H3. The third kappa shape index (κ3) is 6.34. The van der Waals surface area contributed by atoms with Gasteiger partial charge in [0.05, 0.1) is 20.0 Å². The minimum Gasteiger partial charge on any atom is -0.464 e. The van der Waals surface area contributed by atoms with E-state index in [1.54, 1.807) is 6.26 Å². The molecular formula is C47H36N4OSi. The van der Waals surface area contributed by atoms with Crippen LogP contribution in [-0.4, -0.2) is 28.0 Å². The van der Waals surface area contributed by atoms with E-state index in [0.717, 1.165) is 71.9 Å². The molecule has 0 saturated heterocycles. The fourth-order valence-electron chi connectivity index (χ4n) is 6.91. The van der Waals surface area contributed by atoms with E-state index in [4.69, 9.17) is 24.4 Å². The molecule has 0 spiro atoms. The number of benzene rings is 6. The summed E-state index contributed by atoms with van der Waals surface area (Å²) >= 11 is 0. The summed E-state index contributed by atoms with van der Waals surface area (Å²) in [5.74, 6) is 1.84. The van der Waals surface area contributed by atoms with E-state index in [2.05, 4.69) is 153 Å². The molecule has 53 heavy (non-hydrogen) atoms. The summed E-state index contributed by atoms with van der Waals surface area (Å²) in [6, 6.07) is 52.7. The van der Waals surface area contributed by atoms with E-state index in [1.807, 2.05) is 24.3 Å². The Labute approximate surface area is 309 Å². The summed E-state index contributed by atoms with van der Waals surface area (Å²) < 4.78 is 5.74. The quantitative estimate of drug-likeness (QED) is 0.155. The maximum atomic E-state index is 5.74. The van der Waals surface area contributed by atoms with Crippen LogP contribution in [0.1, 0.15) is 0 Å². The molecule has 5 nitrogen and oxygen atoms in total. The van der Waals surface area contributed by atoms with E-state index in [-0.39, 0.29) is 0 Å². The number of hydrogen-bond donors (Lipinski definition) is 0. The largest absolute Gasteiger partial charge is 0.464 e. The molecule has 0 aliphatic rings. The average molecular weight is 701 g/mol. The summed E-state index contributed by atoms with van der Waals surface area (Å²) in [5, 5.41) is 4.55. The Morgan fingerprint density at radius 2 is 1.04 bits per heavy atom. The average Bonchev–Trinajstić information content (AvgIpc) is 3.70. The molecular weight excluding hydrogens is 665 g/mol. The van der Waals surface area contributed by atoms with Crippen molar-refractivity contribution in [3.8, 4) is 67.7 Å². The van der Waals surface area contributed by atoms with Crippen molar-refractivity contribution in [3.63, 3.8) is 0 Å². The Balaban J connectivity index is 1.09. The molecule has 0 N–H and O–H groups in total. The number of nitrogens with zero attached hydrogens (tertiary/aromatic N) is 4. The van der Waals surface area contributed by atoms with Gasteiger partial charge < -0.3 is 4.42 Å². The molecule has 0 aliphatic heterocycles. The van der Waals surface area contributed by atoms with Gasteiger partial charge in [-0.05, 0) is 68.5 Å². The summed E-state index contributed by atoms with van der Waals surface area (Å²) in [7, 11) is -1.39. The van der Waals surface area contributed by atoms with Gasteiger partial charge >= 0.3 is 0 Å². The number of aromatic nitrogens is 4. The minimum atomic E-state index is -1.39. The number of pyridine rings is 1.